The maximum absolute atomic E-state index is 11.9. The van der Waals surface area contributed by atoms with Gasteiger partial charge in [0.1, 0.15) is 0 Å². The fourth-order valence-corrected chi connectivity index (χ4v) is 3.32. The second kappa shape index (κ2) is 6.47. The molecule has 5 nitrogen and oxygen atoms in total. The highest BCUT2D eigenvalue weighted by molar-refractivity contribution is 7.89. The molecule has 106 valence electrons. The van der Waals surface area contributed by atoms with Crippen LogP contribution in [0, 0.1) is 0 Å². The van der Waals surface area contributed by atoms with Crippen molar-refractivity contribution in [1.82, 2.24) is 4.72 Å². The van der Waals surface area contributed by atoms with Crippen molar-refractivity contribution in [2.45, 2.75) is 32.0 Å². The number of rotatable bonds is 6. The molecular weight excluding hydrogens is 264 g/mol. The van der Waals surface area contributed by atoms with E-state index in [0.717, 1.165) is 24.0 Å². The standard InChI is InChI=1S/C13H20N2O3S/c14-8-11-3-5-12(6-4-11)9-15-19(16,17)10-13-2-1-7-18-13/h3-6,13,15H,1-2,7-10,14H2. The molecule has 1 fully saturated rings. The maximum atomic E-state index is 11.9. The van der Waals surface area contributed by atoms with Crippen LogP contribution >= 0.6 is 0 Å². The predicted molar refractivity (Wildman–Crippen MR) is 73.9 cm³/mol. The lowest BCUT2D eigenvalue weighted by atomic mass is 10.1. The molecule has 1 unspecified atom stereocenters. The van der Waals surface area contributed by atoms with Gasteiger partial charge in [0, 0.05) is 19.7 Å². The monoisotopic (exact) mass is 284 g/mol. The minimum absolute atomic E-state index is 0.0495. The van der Waals surface area contributed by atoms with E-state index in [1.54, 1.807) is 0 Å². The summed E-state index contributed by atoms with van der Waals surface area (Å²) in [4.78, 5) is 0. The highest BCUT2D eigenvalue weighted by Crippen LogP contribution is 2.13. The maximum Gasteiger partial charge on any atom is 0.214 e. The first-order chi connectivity index (χ1) is 9.09. The van der Waals surface area contributed by atoms with Crippen LogP contribution in [0.2, 0.25) is 0 Å². The van der Waals surface area contributed by atoms with Crippen molar-refractivity contribution < 1.29 is 13.2 Å². The quantitative estimate of drug-likeness (QED) is 0.807. The molecule has 1 aliphatic rings. The van der Waals surface area contributed by atoms with Gasteiger partial charge < -0.3 is 10.5 Å². The Balaban J connectivity index is 1.85. The number of sulfonamides is 1. The minimum atomic E-state index is -3.28. The molecule has 1 saturated heterocycles. The second-order valence-electron chi connectivity index (χ2n) is 4.76. The number of benzene rings is 1. The largest absolute Gasteiger partial charge is 0.377 e. The smallest absolute Gasteiger partial charge is 0.214 e. The molecule has 1 heterocycles. The molecule has 0 spiro atoms. The van der Waals surface area contributed by atoms with Crippen molar-refractivity contribution in [2.24, 2.45) is 5.73 Å². The summed E-state index contributed by atoms with van der Waals surface area (Å²) in [5.74, 6) is 0.0495. The average molecular weight is 284 g/mol. The summed E-state index contributed by atoms with van der Waals surface area (Å²) < 4.78 is 31.7. The summed E-state index contributed by atoms with van der Waals surface area (Å²) in [5.41, 5.74) is 7.47. The zero-order valence-electron chi connectivity index (χ0n) is 10.8. The van der Waals surface area contributed by atoms with Crippen LogP contribution in [0.25, 0.3) is 0 Å². The van der Waals surface area contributed by atoms with E-state index >= 15 is 0 Å². The molecule has 2 rings (SSSR count). The van der Waals surface area contributed by atoms with Gasteiger partial charge in [0.15, 0.2) is 0 Å². The van der Waals surface area contributed by atoms with Gasteiger partial charge >= 0.3 is 0 Å². The molecule has 0 radical (unpaired) electrons. The van der Waals surface area contributed by atoms with Gasteiger partial charge in [-0.2, -0.15) is 0 Å². The van der Waals surface area contributed by atoms with Crippen LogP contribution in [0.4, 0.5) is 0 Å². The van der Waals surface area contributed by atoms with Crippen molar-refractivity contribution in [1.29, 1.82) is 0 Å². The average Bonchev–Trinajstić information content (AvgIpc) is 2.89. The van der Waals surface area contributed by atoms with Crippen molar-refractivity contribution in [3.63, 3.8) is 0 Å². The van der Waals surface area contributed by atoms with Crippen LogP contribution < -0.4 is 10.5 Å². The third kappa shape index (κ3) is 4.58. The van der Waals surface area contributed by atoms with Crippen LogP contribution in [0.1, 0.15) is 24.0 Å². The van der Waals surface area contributed by atoms with Gasteiger partial charge in [-0.15, -0.1) is 0 Å². The molecule has 3 N–H and O–H groups in total. The van der Waals surface area contributed by atoms with E-state index in [1.165, 1.54) is 0 Å². The Morgan fingerprint density at radius 1 is 1.26 bits per heavy atom. The van der Waals surface area contributed by atoms with E-state index in [0.29, 0.717) is 19.7 Å². The van der Waals surface area contributed by atoms with Crippen LogP contribution in [0.3, 0.4) is 0 Å². The summed E-state index contributed by atoms with van der Waals surface area (Å²) in [5, 5.41) is 0. The van der Waals surface area contributed by atoms with Gasteiger partial charge in [0.2, 0.25) is 10.0 Å². The predicted octanol–water partition coefficient (Wildman–Crippen LogP) is 0.744. The summed E-state index contributed by atoms with van der Waals surface area (Å²) in [6.45, 7) is 1.46. The Kier molecular flexibility index (Phi) is 4.93. The lowest BCUT2D eigenvalue weighted by Crippen LogP contribution is -2.31. The molecule has 0 aliphatic carbocycles. The molecule has 0 bridgehead atoms. The Morgan fingerprint density at radius 2 is 1.95 bits per heavy atom. The van der Waals surface area contributed by atoms with E-state index in [-0.39, 0.29) is 11.9 Å². The Bertz CT molecular complexity index is 493. The first-order valence-corrected chi connectivity index (χ1v) is 8.11. The number of ether oxygens (including phenoxy) is 1. The summed E-state index contributed by atoms with van der Waals surface area (Å²) >= 11 is 0. The van der Waals surface area contributed by atoms with Crippen molar-refractivity contribution in [3.05, 3.63) is 35.4 Å². The number of hydrogen-bond acceptors (Lipinski definition) is 4. The number of hydrogen-bond donors (Lipinski definition) is 2. The molecule has 1 aromatic rings. The fraction of sp³-hybridized carbons (Fsp3) is 0.538. The lowest BCUT2D eigenvalue weighted by Gasteiger charge is -2.11. The van der Waals surface area contributed by atoms with E-state index in [4.69, 9.17) is 10.5 Å². The van der Waals surface area contributed by atoms with E-state index in [9.17, 15) is 8.42 Å². The molecule has 1 aliphatic heterocycles. The molecule has 1 atom stereocenters. The molecule has 6 heteroatoms. The van der Waals surface area contributed by atoms with Crippen LogP contribution in [0.5, 0.6) is 0 Å². The van der Waals surface area contributed by atoms with Gasteiger partial charge in [-0.1, -0.05) is 24.3 Å². The van der Waals surface area contributed by atoms with Gasteiger partial charge in [0.25, 0.3) is 0 Å². The molecule has 19 heavy (non-hydrogen) atoms. The highest BCUT2D eigenvalue weighted by atomic mass is 32.2. The second-order valence-corrected chi connectivity index (χ2v) is 6.61. The Hall–Kier alpha value is -0.950. The molecule has 0 amide bonds. The molecular formula is C13H20N2O3S. The first kappa shape index (κ1) is 14.5. The molecule has 0 saturated carbocycles. The van der Waals surface area contributed by atoms with Crippen LogP contribution in [-0.4, -0.2) is 26.9 Å². The van der Waals surface area contributed by atoms with Crippen LogP contribution in [-0.2, 0) is 27.8 Å². The number of nitrogens with two attached hydrogens (primary N) is 1. The van der Waals surface area contributed by atoms with Crippen LogP contribution in [0.15, 0.2) is 24.3 Å². The summed E-state index contributed by atoms with van der Waals surface area (Å²) in [6.07, 6.45) is 1.62. The third-order valence-corrected chi connectivity index (χ3v) is 4.58. The SMILES string of the molecule is NCc1ccc(CNS(=O)(=O)CC2CCCO2)cc1. The molecule has 1 aromatic carbocycles. The van der Waals surface area contributed by atoms with Gasteiger partial charge in [0.05, 0.1) is 11.9 Å². The first-order valence-electron chi connectivity index (χ1n) is 6.46. The van der Waals surface area contributed by atoms with Crippen molar-refractivity contribution in [2.75, 3.05) is 12.4 Å². The normalized spacial score (nSPS) is 19.7. The lowest BCUT2D eigenvalue weighted by molar-refractivity contribution is 0.127. The van der Waals surface area contributed by atoms with Crippen molar-refractivity contribution >= 4 is 10.0 Å². The minimum Gasteiger partial charge on any atom is -0.377 e. The van der Waals surface area contributed by atoms with E-state index < -0.39 is 10.0 Å². The summed E-state index contributed by atoms with van der Waals surface area (Å²) in [6, 6.07) is 7.58. The van der Waals surface area contributed by atoms with Crippen molar-refractivity contribution in [3.8, 4) is 0 Å². The zero-order valence-corrected chi connectivity index (χ0v) is 11.7. The van der Waals surface area contributed by atoms with Gasteiger partial charge in [-0.25, -0.2) is 13.1 Å². The Labute approximate surface area is 114 Å². The zero-order chi connectivity index (χ0) is 13.7. The highest BCUT2D eigenvalue weighted by Gasteiger charge is 2.22. The third-order valence-electron chi connectivity index (χ3n) is 3.18. The number of nitrogens with one attached hydrogen (secondary N) is 1. The topological polar surface area (TPSA) is 81.4 Å². The summed E-state index contributed by atoms with van der Waals surface area (Å²) in [7, 11) is -3.28. The molecule has 0 aromatic heterocycles. The van der Waals surface area contributed by atoms with Gasteiger partial charge in [-0.3, -0.25) is 0 Å². The fourth-order valence-electron chi connectivity index (χ4n) is 2.07. The van der Waals surface area contributed by atoms with E-state index in [2.05, 4.69) is 4.72 Å². The van der Waals surface area contributed by atoms with Gasteiger partial charge in [-0.05, 0) is 24.0 Å². The Morgan fingerprint density at radius 3 is 2.53 bits per heavy atom. The van der Waals surface area contributed by atoms with E-state index in [1.807, 2.05) is 24.3 Å².